The molecule has 7 rings (SSSR count). The molecular weight excluding hydrogens is 680 g/mol. The van der Waals surface area contributed by atoms with Crippen LogP contribution in [0.5, 0.6) is 0 Å². The van der Waals surface area contributed by atoms with E-state index < -0.39 is 61.4 Å². The Hall–Kier alpha value is -0.990. The third kappa shape index (κ3) is 6.08. The molecular formula is C42H68O11. The van der Waals surface area contributed by atoms with Crippen molar-refractivity contribution in [2.24, 2.45) is 50.2 Å². The van der Waals surface area contributed by atoms with Crippen molar-refractivity contribution in [2.75, 3.05) is 6.61 Å². The second-order valence-corrected chi connectivity index (χ2v) is 20.6. The summed E-state index contributed by atoms with van der Waals surface area (Å²) in [4.78, 5) is 12.8. The summed E-state index contributed by atoms with van der Waals surface area (Å²) >= 11 is 0. The van der Waals surface area contributed by atoms with Gasteiger partial charge in [-0.1, -0.05) is 60.1 Å². The summed E-state index contributed by atoms with van der Waals surface area (Å²) in [6.07, 6.45) is 0.392. The van der Waals surface area contributed by atoms with E-state index in [0.717, 1.165) is 64.2 Å². The summed E-state index contributed by atoms with van der Waals surface area (Å²) in [6.45, 7) is 18.1. The molecule has 18 atom stereocenters. The van der Waals surface area contributed by atoms with E-state index in [1.54, 1.807) is 12.5 Å². The topological polar surface area (TPSA) is 175 Å². The summed E-state index contributed by atoms with van der Waals surface area (Å²) in [5.41, 5.74) is 1.45. The second-order valence-electron chi connectivity index (χ2n) is 20.6. The molecule has 0 amide bonds. The lowest BCUT2D eigenvalue weighted by atomic mass is 9.33. The van der Waals surface area contributed by atoms with Crippen molar-refractivity contribution in [2.45, 2.75) is 187 Å². The van der Waals surface area contributed by atoms with Crippen molar-refractivity contribution in [3.8, 4) is 0 Å². The number of carbonyl (C=O) groups excluding carboxylic acids is 1. The highest BCUT2D eigenvalue weighted by Gasteiger charge is 2.68. The Morgan fingerprint density at radius 2 is 1.42 bits per heavy atom. The van der Waals surface area contributed by atoms with Crippen LogP contribution in [0.3, 0.4) is 0 Å². The van der Waals surface area contributed by atoms with Crippen molar-refractivity contribution in [3.63, 3.8) is 0 Å². The highest BCUT2D eigenvalue weighted by Crippen LogP contribution is 2.75. The summed E-state index contributed by atoms with van der Waals surface area (Å²) < 4.78 is 24.0. The molecule has 0 aromatic heterocycles. The smallest absolute Gasteiger partial charge is 0.186 e. The van der Waals surface area contributed by atoms with Crippen molar-refractivity contribution in [1.82, 2.24) is 0 Å². The second kappa shape index (κ2) is 13.6. The minimum absolute atomic E-state index is 0.0364. The quantitative estimate of drug-likeness (QED) is 0.132. The predicted molar refractivity (Wildman–Crippen MR) is 195 cm³/mol. The van der Waals surface area contributed by atoms with Crippen molar-refractivity contribution < 1.29 is 54.4 Å². The van der Waals surface area contributed by atoms with Crippen LogP contribution in [0.15, 0.2) is 11.6 Å². The monoisotopic (exact) mass is 748 g/mol. The maximum atomic E-state index is 12.8. The summed E-state index contributed by atoms with van der Waals surface area (Å²) in [7, 11) is 0. The van der Waals surface area contributed by atoms with Gasteiger partial charge in [0.05, 0.1) is 18.8 Å². The van der Waals surface area contributed by atoms with Gasteiger partial charge < -0.3 is 54.4 Å². The molecule has 4 saturated carbocycles. The lowest BCUT2D eigenvalue weighted by molar-refractivity contribution is -0.344. The van der Waals surface area contributed by atoms with Crippen molar-refractivity contribution >= 4 is 6.29 Å². The molecule has 0 aromatic carbocycles. The number of carbonyl (C=O) groups is 1. The van der Waals surface area contributed by atoms with E-state index in [4.69, 9.17) is 18.9 Å². The van der Waals surface area contributed by atoms with E-state index in [1.165, 1.54) is 6.29 Å². The number of rotatable bonds is 6. The van der Waals surface area contributed by atoms with Crippen LogP contribution >= 0.6 is 0 Å². The average molecular weight is 749 g/mol. The number of ether oxygens (including phenoxy) is 4. The zero-order chi connectivity index (χ0) is 38.7. The molecule has 11 heteroatoms. The highest BCUT2D eigenvalue weighted by molar-refractivity contribution is 5.63. The minimum atomic E-state index is -1.56. The number of aliphatic hydroxyl groups excluding tert-OH is 6. The number of aliphatic hydroxyl groups is 6. The lowest BCUT2D eigenvalue weighted by Gasteiger charge is -2.71. The van der Waals surface area contributed by atoms with Gasteiger partial charge in [-0.15, -0.1) is 0 Å². The van der Waals surface area contributed by atoms with Crippen LogP contribution in [-0.2, 0) is 23.7 Å². The summed E-state index contributed by atoms with van der Waals surface area (Å²) in [5.74, 6) is 1.12. The van der Waals surface area contributed by atoms with Gasteiger partial charge in [0.2, 0.25) is 0 Å². The van der Waals surface area contributed by atoms with E-state index in [2.05, 4.69) is 54.5 Å². The Morgan fingerprint density at radius 3 is 2.11 bits per heavy atom. The Morgan fingerprint density at radius 1 is 0.755 bits per heavy atom. The average Bonchev–Trinajstić information content (AvgIpc) is 3.10. The standard InChI is InChI=1S/C42H68O11/c1-22-29(44)31(46)33(48)35(51-22)50-20-25-30(45)32(47)34(49)36(52-25)53-28-12-13-39(6)26(38(28,4)5)11-14-41(8)27(39)10-9-23-24-19-37(2,3)15-17-42(24,21-43)18-16-40(23,41)7/h9,21-22,24-36,44-49H,10-20H2,1-8H3/t22-,24-,25+,26-,27+,28-,29-,30+,31+,32-,33+,34+,35+,36-,39-,40+,41+,42+/m0/s1. The maximum Gasteiger partial charge on any atom is 0.186 e. The lowest BCUT2D eigenvalue weighted by Crippen LogP contribution is -2.66. The number of hydrogen-bond acceptors (Lipinski definition) is 11. The minimum Gasteiger partial charge on any atom is -0.388 e. The molecule has 2 heterocycles. The van der Waals surface area contributed by atoms with Crippen LogP contribution in [0.4, 0.5) is 0 Å². The van der Waals surface area contributed by atoms with Crippen LogP contribution in [0.25, 0.3) is 0 Å². The largest absolute Gasteiger partial charge is 0.388 e. The van der Waals surface area contributed by atoms with Crippen molar-refractivity contribution in [3.05, 3.63) is 11.6 Å². The van der Waals surface area contributed by atoms with E-state index in [1.807, 2.05) is 0 Å². The van der Waals surface area contributed by atoms with Gasteiger partial charge in [-0.05, 0) is 116 Å². The molecule has 2 saturated heterocycles. The van der Waals surface area contributed by atoms with Gasteiger partial charge in [0.25, 0.3) is 0 Å². The first-order valence-corrected chi connectivity index (χ1v) is 20.5. The van der Waals surface area contributed by atoms with E-state index >= 15 is 0 Å². The number of hydrogen-bond donors (Lipinski definition) is 6. The van der Waals surface area contributed by atoms with Gasteiger partial charge in [-0.25, -0.2) is 0 Å². The molecule has 0 aromatic rings. The van der Waals surface area contributed by atoms with E-state index in [-0.39, 0.29) is 45.2 Å². The maximum absolute atomic E-state index is 12.8. The van der Waals surface area contributed by atoms with Crippen LogP contribution in [0.1, 0.15) is 120 Å². The fraction of sp³-hybridized carbons (Fsp3) is 0.929. The third-order valence-electron chi connectivity index (χ3n) is 17.1. The number of allylic oxidation sites excluding steroid dienone is 2. The molecule has 7 aliphatic rings. The van der Waals surface area contributed by atoms with Gasteiger partial charge in [0, 0.05) is 5.41 Å². The van der Waals surface area contributed by atoms with Gasteiger partial charge in [0.1, 0.15) is 49.0 Å². The fourth-order valence-electron chi connectivity index (χ4n) is 13.4. The number of fused-ring (bicyclic) bond motifs is 7. The van der Waals surface area contributed by atoms with Crippen LogP contribution in [0.2, 0.25) is 0 Å². The third-order valence-corrected chi connectivity index (χ3v) is 17.1. The summed E-state index contributed by atoms with van der Waals surface area (Å²) in [6, 6.07) is 0. The van der Waals surface area contributed by atoms with Crippen LogP contribution < -0.4 is 0 Å². The van der Waals surface area contributed by atoms with Gasteiger partial charge in [-0.2, -0.15) is 0 Å². The van der Waals surface area contributed by atoms with Crippen LogP contribution in [-0.4, -0.2) is 111 Å². The van der Waals surface area contributed by atoms with E-state index in [9.17, 15) is 35.4 Å². The molecule has 0 radical (unpaired) electrons. The molecule has 2 aliphatic heterocycles. The van der Waals surface area contributed by atoms with E-state index in [0.29, 0.717) is 17.8 Å². The number of aldehydes is 1. The Balaban J connectivity index is 1.08. The zero-order valence-electron chi connectivity index (χ0n) is 33.2. The normalized spacial score (nSPS) is 54.7. The fourth-order valence-corrected chi connectivity index (χ4v) is 13.4. The molecule has 6 N–H and O–H groups in total. The SMILES string of the molecule is C[C@@H]1O[C@@H](OC[C@H]2O[C@@H](O[C@H]3CC[C@]4(C)[C@H]5CC=C6[C@@H]7CC(C)(C)CC[C@]7(C=O)CC[C@@]6(C)[C@]5(C)CC[C@H]4C3(C)C)[C@H](O)[C@@H](O)[C@@H]2O)[C@H](O)[C@H](O)[C@H]1O. The molecule has 0 unspecified atom stereocenters. The Bertz CT molecular complexity index is 1420. The molecule has 5 aliphatic carbocycles. The molecule has 0 spiro atoms. The van der Waals surface area contributed by atoms with Crippen LogP contribution in [0, 0.1) is 50.2 Å². The first kappa shape index (κ1) is 40.2. The highest BCUT2D eigenvalue weighted by atomic mass is 16.7. The van der Waals surface area contributed by atoms with Gasteiger partial charge >= 0.3 is 0 Å². The molecule has 6 fully saturated rings. The summed E-state index contributed by atoms with van der Waals surface area (Å²) in [5, 5.41) is 63.5. The van der Waals surface area contributed by atoms with Gasteiger partial charge in [-0.3, -0.25) is 0 Å². The molecule has 53 heavy (non-hydrogen) atoms. The molecule has 0 bridgehead atoms. The van der Waals surface area contributed by atoms with Crippen molar-refractivity contribution in [1.29, 1.82) is 0 Å². The zero-order valence-corrected chi connectivity index (χ0v) is 33.2. The molecule has 11 nitrogen and oxygen atoms in total. The van der Waals surface area contributed by atoms with Gasteiger partial charge in [0.15, 0.2) is 12.6 Å². The molecule has 302 valence electrons. The first-order chi connectivity index (χ1) is 24.7. The Labute approximate surface area is 315 Å². The predicted octanol–water partition coefficient (Wildman–Crippen LogP) is 4.02. The Kier molecular flexibility index (Phi) is 10.3. The first-order valence-electron chi connectivity index (χ1n) is 20.5.